The number of esters is 1. The lowest BCUT2D eigenvalue weighted by Crippen LogP contribution is -2.32. The molecule has 1 atom stereocenters. The molecule has 3 rings (SSSR count). The monoisotopic (exact) mass is 350 g/mol. The van der Waals surface area contributed by atoms with Gasteiger partial charge in [-0.25, -0.2) is 14.8 Å². The van der Waals surface area contributed by atoms with Crippen LogP contribution in [0.4, 0.5) is 5.82 Å². The summed E-state index contributed by atoms with van der Waals surface area (Å²) in [6.07, 6.45) is 2.31. The van der Waals surface area contributed by atoms with E-state index < -0.39 is 18.0 Å². The number of aryl methyl sites for hydroxylation is 1. The molecule has 0 aliphatic heterocycles. The normalized spacial score (nSPS) is 11.8. The molecule has 0 fully saturated rings. The van der Waals surface area contributed by atoms with Crippen LogP contribution in [0.25, 0.3) is 11.0 Å². The zero-order valence-corrected chi connectivity index (χ0v) is 14.5. The van der Waals surface area contributed by atoms with E-state index >= 15 is 0 Å². The summed E-state index contributed by atoms with van der Waals surface area (Å²) in [4.78, 5) is 37.3. The average molecular weight is 350 g/mol. The molecule has 3 aromatic rings. The van der Waals surface area contributed by atoms with Crippen LogP contribution in [0.1, 0.15) is 29.4 Å². The first-order valence-corrected chi connectivity index (χ1v) is 8.23. The van der Waals surface area contributed by atoms with E-state index in [9.17, 15) is 9.59 Å². The molecule has 0 aliphatic carbocycles. The standard InChI is InChI=1S/C19H18N4O3/c1-3-16(18(24)23-17-12(2)7-6-10-20-17)26-19(25)15-11-21-13-8-4-5-9-14(13)22-15/h4-11,16H,3H2,1-2H3,(H,20,23,24). The maximum absolute atomic E-state index is 12.4. The highest BCUT2D eigenvalue weighted by atomic mass is 16.5. The molecule has 132 valence electrons. The van der Waals surface area contributed by atoms with Gasteiger partial charge in [0.2, 0.25) is 0 Å². The second kappa shape index (κ2) is 7.69. The molecule has 2 aromatic heterocycles. The Hall–Kier alpha value is -3.35. The summed E-state index contributed by atoms with van der Waals surface area (Å²) in [5.41, 5.74) is 2.15. The van der Waals surface area contributed by atoms with Crippen LogP contribution >= 0.6 is 0 Å². The molecular formula is C19H18N4O3. The van der Waals surface area contributed by atoms with Crippen molar-refractivity contribution in [1.82, 2.24) is 15.0 Å². The Balaban J connectivity index is 1.72. The van der Waals surface area contributed by atoms with Gasteiger partial charge >= 0.3 is 5.97 Å². The number of ether oxygens (including phenoxy) is 1. The maximum Gasteiger partial charge on any atom is 0.359 e. The van der Waals surface area contributed by atoms with Gasteiger partial charge in [0.1, 0.15) is 5.82 Å². The number of amides is 1. The quantitative estimate of drug-likeness (QED) is 0.711. The maximum atomic E-state index is 12.4. The molecule has 0 spiro atoms. The molecule has 1 unspecified atom stereocenters. The smallest absolute Gasteiger partial charge is 0.359 e. The lowest BCUT2D eigenvalue weighted by Gasteiger charge is -2.16. The number of anilines is 1. The Morgan fingerprint density at radius 3 is 2.62 bits per heavy atom. The zero-order chi connectivity index (χ0) is 18.5. The third-order valence-electron chi connectivity index (χ3n) is 3.82. The first-order valence-electron chi connectivity index (χ1n) is 8.23. The molecule has 0 radical (unpaired) electrons. The third kappa shape index (κ3) is 3.83. The van der Waals surface area contributed by atoms with Gasteiger partial charge in [0.25, 0.3) is 5.91 Å². The highest BCUT2D eigenvalue weighted by Crippen LogP contribution is 2.13. The van der Waals surface area contributed by atoms with Gasteiger partial charge in [0.15, 0.2) is 11.8 Å². The van der Waals surface area contributed by atoms with Crippen LogP contribution < -0.4 is 5.32 Å². The Labute approximate surface area is 150 Å². The van der Waals surface area contributed by atoms with Crippen LogP contribution in [0.3, 0.4) is 0 Å². The first kappa shape index (κ1) is 17.5. The summed E-state index contributed by atoms with van der Waals surface area (Å²) in [7, 11) is 0. The van der Waals surface area contributed by atoms with Gasteiger partial charge in [0.05, 0.1) is 17.2 Å². The molecule has 0 aliphatic rings. The molecule has 1 amide bonds. The van der Waals surface area contributed by atoms with Gasteiger partial charge < -0.3 is 10.1 Å². The van der Waals surface area contributed by atoms with Crippen LogP contribution in [0.5, 0.6) is 0 Å². The summed E-state index contributed by atoms with van der Waals surface area (Å²) in [5, 5.41) is 2.68. The minimum Gasteiger partial charge on any atom is -0.447 e. The van der Waals surface area contributed by atoms with E-state index in [0.717, 1.165) is 5.56 Å². The molecule has 0 saturated carbocycles. The second-order valence-electron chi connectivity index (χ2n) is 5.70. The van der Waals surface area contributed by atoms with Crippen LogP contribution in [-0.4, -0.2) is 32.9 Å². The predicted molar refractivity (Wildman–Crippen MR) is 96.6 cm³/mol. The van der Waals surface area contributed by atoms with Gasteiger partial charge in [-0.2, -0.15) is 0 Å². The fraction of sp³-hybridized carbons (Fsp3) is 0.211. The number of aromatic nitrogens is 3. The molecule has 1 aromatic carbocycles. The number of rotatable bonds is 5. The molecule has 7 heteroatoms. The van der Waals surface area contributed by atoms with E-state index in [0.29, 0.717) is 23.3 Å². The predicted octanol–water partition coefficient (Wildman–Crippen LogP) is 2.91. The number of benzene rings is 1. The minimum absolute atomic E-state index is 0.0592. The lowest BCUT2D eigenvalue weighted by atomic mass is 10.2. The number of hydrogen-bond donors (Lipinski definition) is 1. The van der Waals surface area contributed by atoms with Crippen LogP contribution in [0.2, 0.25) is 0 Å². The highest BCUT2D eigenvalue weighted by molar-refractivity contribution is 5.97. The fourth-order valence-electron chi connectivity index (χ4n) is 2.38. The lowest BCUT2D eigenvalue weighted by molar-refractivity contribution is -0.124. The first-order chi connectivity index (χ1) is 12.6. The minimum atomic E-state index is -0.947. The molecule has 7 nitrogen and oxygen atoms in total. The number of pyridine rings is 1. The Morgan fingerprint density at radius 2 is 1.88 bits per heavy atom. The van der Waals surface area contributed by atoms with E-state index in [1.807, 2.05) is 25.1 Å². The fourth-order valence-corrected chi connectivity index (χ4v) is 2.38. The van der Waals surface area contributed by atoms with E-state index in [-0.39, 0.29) is 5.69 Å². The average Bonchev–Trinajstić information content (AvgIpc) is 2.67. The summed E-state index contributed by atoms with van der Waals surface area (Å²) < 4.78 is 5.33. The number of fused-ring (bicyclic) bond motifs is 1. The topological polar surface area (TPSA) is 94.1 Å². The molecule has 2 heterocycles. The Morgan fingerprint density at radius 1 is 1.12 bits per heavy atom. The van der Waals surface area contributed by atoms with Crippen molar-refractivity contribution in [3.8, 4) is 0 Å². The van der Waals surface area contributed by atoms with E-state index in [1.54, 1.807) is 31.3 Å². The summed E-state index contributed by atoms with van der Waals surface area (Å²) in [6, 6.07) is 10.8. The van der Waals surface area contributed by atoms with Gasteiger partial charge in [-0.15, -0.1) is 0 Å². The Kier molecular flexibility index (Phi) is 5.17. The number of nitrogens with zero attached hydrogens (tertiary/aromatic N) is 3. The summed E-state index contributed by atoms with van der Waals surface area (Å²) in [6.45, 7) is 3.59. The highest BCUT2D eigenvalue weighted by Gasteiger charge is 2.23. The van der Waals surface area contributed by atoms with Crippen molar-refractivity contribution in [2.24, 2.45) is 0 Å². The van der Waals surface area contributed by atoms with Crippen LogP contribution in [-0.2, 0) is 9.53 Å². The van der Waals surface area contributed by atoms with Crippen molar-refractivity contribution >= 4 is 28.7 Å². The SMILES string of the molecule is CCC(OC(=O)c1cnc2ccccc2n1)C(=O)Nc1ncccc1C. The largest absolute Gasteiger partial charge is 0.447 e. The molecule has 26 heavy (non-hydrogen) atoms. The van der Waals surface area contributed by atoms with Gasteiger partial charge in [-0.1, -0.05) is 25.1 Å². The molecule has 0 saturated heterocycles. The number of carbonyl (C=O) groups excluding carboxylic acids is 2. The zero-order valence-electron chi connectivity index (χ0n) is 14.5. The number of nitrogens with one attached hydrogen (secondary N) is 1. The van der Waals surface area contributed by atoms with Crippen LogP contribution in [0.15, 0.2) is 48.8 Å². The molecule has 0 bridgehead atoms. The van der Waals surface area contributed by atoms with Gasteiger partial charge in [-0.05, 0) is 37.1 Å². The van der Waals surface area contributed by atoms with E-state index in [1.165, 1.54) is 6.20 Å². The summed E-state index contributed by atoms with van der Waals surface area (Å²) >= 11 is 0. The van der Waals surface area contributed by atoms with Gasteiger partial charge in [-0.3, -0.25) is 9.78 Å². The van der Waals surface area contributed by atoms with E-state index in [4.69, 9.17) is 4.74 Å². The molecule has 1 N–H and O–H groups in total. The van der Waals surface area contributed by atoms with Crippen molar-refractivity contribution in [2.45, 2.75) is 26.4 Å². The van der Waals surface area contributed by atoms with Crippen molar-refractivity contribution in [1.29, 1.82) is 0 Å². The molecular weight excluding hydrogens is 332 g/mol. The van der Waals surface area contributed by atoms with Crippen molar-refractivity contribution in [3.63, 3.8) is 0 Å². The second-order valence-corrected chi connectivity index (χ2v) is 5.70. The number of carbonyl (C=O) groups is 2. The number of para-hydroxylation sites is 2. The van der Waals surface area contributed by atoms with Crippen molar-refractivity contribution in [3.05, 3.63) is 60.0 Å². The van der Waals surface area contributed by atoms with Crippen molar-refractivity contribution < 1.29 is 14.3 Å². The third-order valence-corrected chi connectivity index (χ3v) is 3.82. The van der Waals surface area contributed by atoms with Crippen LogP contribution in [0, 0.1) is 6.92 Å². The van der Waals surface area contributed by atoms with E-state index in [2.05, 4.69) is 20.3 Å². The number of hydrogen-bond acceptors (Lipinski definition) is 6. The van der Waals surface area contributed by atoms with Gasteiger partial charge in [0, 0.05) is 6.20 Å². The Bertz CT molecular complexity index is 958. The summed E-state index contributed by atoms with van der Waals surface area (Å²) in [5.74, 6) is -0.683. The van der Waals surface area contributed by atoms with Crippen molar-refractivity contribution in [2.75, 3.05) is 5.32 Å².